The molecule has 0 aliphatic rings. The van der Waals surface area contributed by atoms with Crippen molar-refractivity contribution >= 4 is 19.8 Å². The number of aliphatic hydroxyl groups is 1. The minimum Gasteiger partial charge on any atom is -0.462 e. The van der Waals surface area contributed by atoms with Gasteiger partial charge in [-0.2, -0.15) is 0 Å². The maximum absolute atomic E-state index is 12.4. The van der Waals surface area contributed by atoms with Gasteiger partial charge in [0.25, 0.3) is 0 Å². The minimum absolute atomic E-state index is 0.0907. The van der Waals surface area contributed by atoms with Crippen molar-refractivity contribution in [3.05, 3.63) is 134 Å². The van der Waals surface area contributed by atoms with Crippen LogP contribution >= 0.6 is 7.82 Å². The van der Waals surface area contributed by atoms with Crippen molar-refractivity contribution in [1.82, 2.24) is 0 Å². The Kier molecular flexibility index (Phi) is 35.7. The average molecular weight is 783 g/mol. The first-order valence-electron chi connectivity index (χ1n) is 19.6. The molecule has 0 saturated heterocycles. The van der Waals surface area contributed by atoms with E-state index < -0.39 is 38.6 Å². The summed E-state index contributed by atoms with van der Waals surface area (Å²) in [4.78, 5) is 42.7. The summed E-state index contributed by atoms with van der Waals surface area (Å²) in [5, 5.41) is 9.74. The number of unbranched alkanes of at least 4 members (excludes halogenated alkanes) is 1. The van der Waals surface area contributed by atoms with Crippen LogP contribution in [0.3, 0.4) is 0 Å². The number of rotatable bonds is 33. The van der Waals surface area contributed by atoms with Gasteiger partial charge < -0.3 is 24.4 Å². The van der Waals surface area contributed by atoms with Crippen molar-refractivity contribution in [2.24, 2.45) is 0 Å². The van der Waals surface area contributed by atoms with Crippen LogP contribution in [0.2, 0.25) is 0 Å². The number of carbonyl (C=O) groups is 2. The van der Waals surface area contributed by atoms with Crippen LogP contribution in [0, 0.1) is 0 Å². The van der Waals surface area contributed by atoms with Crippen molar-refractivity contribution in [1.29, 1.82) is 0 Å². The van der Waals surface area contributed by atoms with E-state index in [1.165, 1.54) is 0 Å². The van der Waals surface area contributed by atoms with Crippen molar-refractivity contribution in [3.8, 4) is 0 Å². The summed E-state index contributed by atoms with van der Waals surface area (Å²) in [7, 11) is -4.81. The van der Waals surface area contributed by atoms with Crippen molar-refractivity contribution in [3.63, 3.8) is 0 Å². The molecule has 0 fully saturated rings. The Hall–Kier alpha value is -3.85. The maximum atomic E-state index is 12.4. The number of aliphatic hydroxyl groups excluding tert-OH is 1. The first-order chi connectivity index (χ1) is 26.7. The first-order valence-corrected chi connectivity index (χ1v) is 21.1. The lowest BCUT2D eigenvalue weighted by molar-refractivity contribution is -0.161. The van der Waals surface area contributed by atoms with Crippen molar-refractivity contribution in [2.45, 2.75) is 122 Å². The third-order valence-electron chi connectivity index (χ3n) is 7.25. The molecule has 9 nitrogen and oxygen atoms in total. The molecule has 0 heterocycles. The highest BCUT2D eigenvalue weighted by Crippen LogP contribution is 2.35. The molecule has 0 bridgehead atoms. The summed E-state index contributed by atoms with van der Waals surface area (Å²) < 4.78 is 26.2. The van der Waals surface area contributed by atoms with Gasteiger partial charge in [-0.25, -0.2) is 4.57 Å². The molecule has 0 aromatic rings. The molecule has 2 atom stereocenters. The van der Waals surface area contributed by atoms with E-state index in [4.69, 9.17) is 19.3 Å². The van der Waals surface area contributed by atoms with Crippen LogP contribution in [0.15, 0.2) is 134 Å². The van der Waals surface area contributed by atoms with Crippen LogP contribution in [-0.2, 0) is 28.2 Å². The molecule has 0 aliphatic carbocycles. The van der Waals surface area contributed by atoms with E-state index in [9.17, 15) is 19.3 Å². The van der Waals surface area contributed by atoms with Gasteiger partial charge in [-0.1, -0.05) is 148 Å². The number of carbonyl (C=O) groups excluding carboxylic acids is 2. The summed E-state index contributed by atoms with van der Waals surface area (Å²) >= 11 is 0. The number of phosphoric acid groups is 1. The predicted molar refractivity (Wildman–Crippen MR) is 226 cm³/mol. The third kappa shape index (κ3) is 41.2. The first kappa shape index (κ1) is 51.1. The van der Waals surface area contributed by atoms with Crippen LogP contribution in [0.5, 0.6) is 0 Å². The molecule has 0 spiro atoms. The molecular formula is C45H67O9P. The largest absolute Gasteiger partial charge is 0.469 e. The molecule has 0 aromatic carbocycles. The van der Waals surface area contributed by atoms with E-state index in [-0.39, 0.29) is 19.4 Å². The van der Waals surface area contributed by atoms with E-state index in [2.05, 4.69) is 84.4 Å². The lowest BCUT2D eigenvalue weighted by atomic mass is 10.2. The second-order valence-electron chi connectivity index (χ2n) is 12.3. The summed E-state index contributed by atoms with van der Waals surface area (Å²) in [6, 6.07) is 0. The van der Waals surface area contributed by atoms with Crippen LogP contribution in [0.4, 0.5) is 0 Å². The van der Waals surface area contributed by atoms with E-state index in [1.807, 2.05) is 61.6 Å². The predicted octanol–water partition coefficient (Wildman–Crippen LogP) is 10.9. The Bertz CT molecular complexity index is 1360. The van der Waals surface area contributed by atoms with E-state index in [0.29, 0.717) is 25.7 Å². The van der Waals surface area contributed by atoms with Gasteiger partial charge in [-0.15, -0.1) is 0 Å². The van der Waals surface area contributed by atoms with Gasteiger partial charge in [0.15, 0.2) is 6.10 Å². The lowest BCUT2D eigenvalue weighted by Gasteiger charge is -2.18. The molecule has 0 saturated carbocycles. The average Bonchev–Trinajstić information content (AvgIpc) is 3.15. The summed E-state index contributed by atoms with van der Waals surface area (Å²) in [6.07, 6.45) is 53.9. The van der Waals surface area contributed by atoms with Gasteiger partial charge in [0.1, 0.15) is 6.61 Å². The number of ether oxygens (including phenoxy) is 2. The molecule has 10 heteroatoms. The highest BCUT2D eigenvalue weighted by molar-refractivity contribution is 7.46. The Morgan fingerprint density at radius 1 is 0.564 bits per heavy atom. The Labute approximate surface area is 331 Å². The highest BCUT2D eigenvalue weighted by Gasteiger charge is 2.22. The van der Waals surface area contributed by atoms with E-state index >= 15 is 0 Å². The van der Waals surface area contributed by atoms with E-state index in [1.54, 1.807) is 6.08 Å². The number of hydrogen-bond donors (Lipinski definition) is 3. The zero-order valence-corrected chi connectivity index (χ0v) is 34.0. The third-order valence-corrected chi connectivity index (χ3v) is 7.74. The van der Waals surface area contributed by atoms with Crippen LogP contribution in [0.1, 0.15) is 110 Å². The van der Waals surface area contributed by atoms with Crippen molar-refractivity contribution in [2.75, 3.05) is 13.2 Å². The zero-order chi connectivity index (χ0) is 40.5. The minimum atomic E-state index is -4.81. The summed E-state index contributed by atoms with van der Waals surface area (Å²) in [6.45, 7) is 3.19. The fourth-order valence-electron chi connectivity index (χ4n) is 4.39. The second-order valence-corrected chi connectivity index (χ2v) is 13.6. The summed E-state index contributed by atoms with van der Waals surface area (Å²) in [5.74, 6) is -1.09. The monoisotopic (exact) mass is 782 g/mol. The molecule has 3 N–H and O–H groups in total. The van der Waals surface area contributed by atoms with Gasteiger partial charge in [0.2, 0.25) is 0 Å². The Morgan fingerprint density at radius 2 is 1.04 bits per heavy atom. The van der Waals surface area contributed by atoms with Gasteiger partial charge >= 0.3 is 19.8 Å². The summed E-state index contributed by atoms with van der Waals surface area (Å²) in [5.41, 5.74) is 0. The highest BCUT2D eigenvalue weighted by atomic mass is 31.2. The number of esters is 2. The smallest absolute Gasteiger partial charge is 0.462 e. The SMILES string of the molecule is CC/C=C\C/C=C\C/C=C\C/C=C\C/C=C\C/C=C\CCC(=O)OC[C@H](COP(=O)(O)O)OC(=O)CCC/C=C\C/C=C\C/C=C\C=C\CC(O)/C=C\CC. The zero-order valence-electron chi connectivity index (χ0n) is 33.1. The maximum Gasteiger partial charge on any atom is 0.469 e. The fraction of sp³-hybridized carbons (Fsp3) is 0.467. The Morgan fingerprint density at radius 3 is 1.56 bits per heavy atom. The van der Waals surface area contributed by atoms with Gasteiger partial charge in [-0.05, 0) is 83.5 Å². The van der Waals surface area contributed by atoms with Gasteiger partial charge in [0.05, 0.1) is 12.7 Å². The molecule has 306 valence electrons. The topological polar surface area (TPSA) is 140 Å². The molecule has 0 rings (SSSR count). The van der Waals surface area contributed by atoms with Gasteiger partial charge in [0, 0.05) is 12.8 Å². The molecule has 0 amide bonds. The van der Waals surface area contributed by atoms with Crippen LogP contribution in [0.25, 0.3) is 0 Å². The second kappa shape index (κ2) is 38.4. The number of allylic oxidation sites excluding steroid dienone is 20. The quantitative estimate of drug-likeness (QED) is 0.0195. The molecule has 1 unspecified atom stereocenters. The molecule has 0 aromatic heterocycles. The normalized spacial score (nSPS) is 14.5. The molecule has 0 radical (unpaired) electrons. The standard InChI is InChI=1S/C45H67O9P/c1-3-5-7-8-9-10-11-12-13-14-15-16-17-18-22-25-28-31-34-38-44(47)52-40-43(41-53-55(49,50)51)54-45(48)39-35-32-29-26-23-20-19-21-24-27-30-33-37-42(46)36-6-4-2/h5-7,9-10,12-13,15-16,18-20,22,24,26-31,33,36,42-43,46H,3-4,8,11,14,17,21,23,25,32,34-35,37-41H2,1-2H3,(H2,49,50,51)/b7-5-,10-9-,13-12-,16-15-,20-19-,22-18-,27-24-,29-26-,31-28-,33-30+,36-6-/t42?,43-/m1/s1. The van der Waals surface area contributed by atoms with Crippen molar-refractivity contribution < 1.29 is 43.0 Å². The number of hydrogen-bond acceptors (Lipinski definition) is 7. The lowest BCUT2D eigenvalue weighted by Crippen LogP contribution is -2.29. The molecular weight excluding hydrogens is 715 g/mol. The molecule has 0 aliphatic heterocycles. The van der Waals surface area contributed by atoms with Crippen LogP contribution in [-0.4, -0.2) is 52.3 Å². The Balaban J connectivity index is 4.25. The fourth-order valence-corrected chi connectivity index (χ4v) is 4.75. The molecule has 55 heavy (non-hydrogen) atoms. The van der Waals surface area contributed by atoms with E-state index in [0.717, 1.165) is 57.8 Å². The number of phosphoric ester groups is 1. The van der Waals surface area contributed by atoms with Gasteiger partial charge in [-0.3, -0.25) is 14.1 Å². The van der Waals surface area contributed by atoms with Crippen LogP contribution < -0.4 is 0 Å².